The zero-order chi connectivity index (χ0) is 9.14. The molecule has 1 atom stereocenters. The van der Waals surface area contributed by atoms with Crippen LogP contribution in [-0.2, 0) is 0 Å². The summed E-state index contributed by atoms with van der Waals surface area (Å²) in [4.78, 5) is 0. The van der Waals surface area contributed by atoms with Crippen molar-refractivity contribution in [1.82, 2.24) is 0 Å². The SMILES string of the molecule is C=CC(N)c1cc(Cl)ccc1F. The summed E-state index contributed by atoms with van der Waals surface area (Å²) in [5.74, 6) is -0.355. The quantitative estimate of drug-likeness (QED) is 0.705. The van der Waals surface area contributed by atoms with Crippen LogP contribution in [0.2, 0.25) is 5.02 Å². The van der Waals surface area contributed by atoms with Crippen molar-refractivity contribution in [2.45, 2.75) is 6.04 Å². The average Bonchev–Trinajstić information content (AvgIpc) is 2.08. The minimum atomic E-state index is -0.497. The molecule has 1 unspecified atom stereocenters. The zero-order valence-corrected chi connectivity index (χ0v) is 7.18. The smallest absolute Gasteiger partial charge is 0.128 e. The van der Waals surface area contributed by atoms with Crippen molar-refractivity contribution in [3.05, 3.63) is 47.3 Å². The van der Waals surface area contributed by atoms with Crippen LogP contribution in [0, 0.1) is 5.82 Å². The van der Waals surface area contributed by atoms with E-state index in [2.05, 4.69) is 6.58 Å². The Labute approximate surface area is 75.6 Å². The number of halogens is 2. The average molecular weight is 186 g/mol. The van der Waals surface area contributed by atoms with E-state index >= 15 is 0 Å². The van der Waals surface area contributed by atoms with Crippen molar-refractivity contribution in [2.75, 3.05) is 0 Å². The normalized spacial score (nSPS) is 12.6. The lowest BCUT2D eigenvalue weighted by Gasteiger charge is -2.07. The Bertz CT molecular complexity index is 299. The molecule has 0 spiro atoms. The molecule has 1 nitrogen and oxygen atoms in total. The van der Waals surface area contributed by atoms with Gasteiger partial charge < -0.3 is 5.73 Å². The summed E-state index contributed by atoms with van der Waals surface area (Å²) in [6.45, 7) is 3.47. The summed E-state index contributed by atoms with van der Waals surface area (Å²) < 4.78 is 13.0. The van der Waals surface area contributed by atoms with Crippen LogP contribution in [0.25, 0.3) is 0 Å². The highest BCUT2D eigenvalue weighted by molar-refractivity contribution is 6.30. The van der Waals surface area contributed by atoms with Gasteiger partial charge in [-0.2, -0.15) is 0 Å². The highest BCUT2D eigenvalue weighted by atomic mass is 35.5. The highest BCUT2D eigenvalue weighted by Gasteiger charge is 2.07. The van der Waals surface area contributed by atoms with E-state index in [0.29, 0.717) is 10.6 Å². The molecule has 0 aromatic heterocycles. The Morgan fingerprint density at radius 3 is 2.83 bits per heavy atom. The van der Waals surface area contributed by atoms with Crippen molar-refractivity contribution >= 4 is 11.6 Å². The first-order valence-electron chi connectivity index (χ1n) is 3.48. The minimum absolute atomic E-state index is 0.355. The van der Waals surface area contributed by atoms with Crippen LogP contribution in [0.5, 0.6) is 0 Å². The summed E-state index contributed by atoms with van der Waals surface area (Å²) >= 11 is 5.66. The van der Waals surface area contributed by atoms with Gasteiger partial charge in [-0.25, -0.2) is 4.39 Å². The van der Waals surface area contributed by atoms with Gasteiger partial charge in [-0.1, -0.05) is 17.7 Å². The molecule has 0 fully saturated rings. The van der Waals surface area contributed by atoms with Gasteiger partial charge in [-0.3, -0.25) is 0 Å². The fourth-order valence-electron chi connectivity index (χ4n) is 0.897. The highest BCUT2D eigenvalue weighted by Crippen LogP contribution is 2.20. The van der Waals surface area contributed by atoms with Crippen LogP contribution in [0.3, 0.4) is 0 Å². The first kappa shape index (κ1) is 9.23. The van der Waals surface area contributed by atoms with Crippen LogP contribution in [0.1, 0.15) is 11.6 Å². The van der Waals surface area contributed by atoms with Crippen LogP contribution in [-0.4, -0.2) is 0 Å². The van der Waals surface area contributed by atoms with Crippen molar-refractivity contribution in [3.63, 3.8) is 0 Å². The standard InChI is InChI=1S/C9H9ClFN/c1-2-9(12)7-5-6(10)3-4-8(7)11/h2-5,9H,1,12H2. The van der Waals surface area contributed by atoms with Gasteiger partial charge in [-0.05, 0) is 18.2 Å². The Morgan fingerprint density at radius 2 is 2.25 bits per heavy atom. The molecule has 1 aromatic carbocycles. The number of rotatable bonds is 2. The number of nitrogens with two attached hydrogens (primary N) is 1. The third-order valence-electron chi connectivity index (χ3n) is 1.57. The van der Waals surface area contributed by atoms with E-state index in [1.54, 1.807) is 0 Å². The molecule has 1 aromatic rings. The van der Waals surface area contributed by atoms with Gasteiger partial charge in [0.2, 0.25) is 0 Å². The predicted molar refractivity (Wildman–Crippen MR) is 48.5 cm³/mol. The molecular formula is C9H9ClFN. The first-order chi connectivity index (χ1) is 5.65. The van der Waals surface area contributed by atoms with Crippen molar-refractivity contribution in [2.24, 2.45) is 5.73 Å². The molecule has 0 aliphatic heterocycles. The molecule has 3 heteroatoms. The van der Waals surface area contributed by atoms with Crippen molar-refractivity contribution < 1.29 is 4.39 Å². The number of benzene rings is 1. The van der Waals surface area contributed by atoms with E-state index < -0.39 is 6.04 Å². The molecule has 0 saturated heterocycles. The molecule has 2 N–H and O–H groups in total. The molecule has 0 aliphatic carbocycles. The Morgan fingerprint density at radius 1 is 1.58 bits per heavy atom. The molecule has 0 bridgehead atoms. The van der Waals surface area contributed by atoms with Gasteiger partial charge in [0.15, 0.2) is 0 Å². The molecule has 0 aliphatic rings. The van der Waals surface area contributed by atoms with Crippen LogP contribution < -0.4 is 5.73 Å². The van der Waals surface area contributed by atoms with Crippen molar-refractivity contribution in [3.8, 4) is 0 Å². The van der Waals surface area contributed by atoms with Crippen molar-refractivity contribution in [1.29, 1.82) is 0 Å². The lowest BCUT2D eigenvalue weighted by molar-refractivity contribution is 0.602. The number of hydrogen-bond donors (Lipinski definition) is 1. The lowest BCUT2D eigenvalue weighted by Crippen LogP contribution is -2.08. The monoisotopic (exact) mass is 185 g/mol. The van der Waals surface area contributed by atoms with E-state index in [1.807, 2.05) is 0 Å². The van der Waals surface area contributed by atoms with Crippen LogP contribution >= 0.6 is 11.6 Å². The van der Waals surface area contributed by atoms with Gasteiger partial charge in [0.05, 0.1) is 6.04 Å². The van der Waals surface area contributed by atoms with E-state index in [1.165, 1.54) is 24.3 Å². The maximum atomic E-state index is 13.0. The van der Waals surface area contributed by atoms with E-state index in [9.17, 15) is 4.39 Å². The third-order valence-corrected chi connectivity index (χ3v) is 1.81. The molecule has 0 amide bonds. The molecular weight excluding hydrogens is 177 g/mol. The van der Waals surface area contributed by atoms with E-state index in [0.717, 1.165) is 0 Å². The Hall–Kier alpha value is -0.860. The minimum Gasteiger partial charge on any atom is -0.321 e. The van der Waals surface area contributed by atoms with E-state index in [4.69, 9.17) is 17.3 Å². The van der Waals surface area contributed by atoms with E-state index in [-0.39, 0.29) is 5.82 Å². The zero-order valence-electron chi connectivity index (χ0n) is 6.43. The molecule has 64 valence electrons. The summed E-state index contributed by atoms with van der Waals surface area (Å²) in [6.07, 6.45) is 1.47. The van der Waals surface area contributed by atoms with Crippen LogP contribution in [0.4, 0.5) is 4.39 Å². The molecule has 12 heavy (non-hydrogen) atoms. The van der Waals surface area contributed by atoms with Crippen LogP contribution in [0.15, 0.2) is 30.9 Å². The molecule has 0 heterocycles. The fourth-order valence-corrected chi connectivity index (χ4v) is 1.08. The second kappa shape index (κ2) is 3.70. The van der Waals surface area contributed by atoms with Gasteiger partial charge in [-0.15, -0.1) is 6.58 Å². The lowest BCUT2D eigenvalue weighted by atomic mass is 10.1. The molecule has 0 saturated carbocycles. The second-order valence-electron chi connectivity index (χ2n) is 2.43. The number of hydrogen-bond acceptors (Lipinski definition) is 1. The molecule has 1 rings (SSSR count). The van der Waals surface area contributed by atoms with Gasteiger partial charge in [0.25, 0.3) is 0 Å². The topological polar surface area (TPSA) is 26.0 Å². The summed E-state index contributed by atoms with van der Waals surface area (Å²) in [5, 5.41) is 0.476. The third kappa shape index (κ3) is 1.84. The molecule has 0 radical (unpaired) electrons. The maximum absolute atomic E-state index is 13.0. The Kier molecular flexibility index (Phi) is 2.84. The maximum Gasteiger partial charge on any atom is 0.128 e. The predicted octanol–water partition coefficient (Wildman–Crippen LogP) is 2.66. The van der Waals surface area contributed by atoms with Gasteiger partial charge >= 0.3 is 0 Å². The summed E-state index contributed by atoms with van der Waals surface area (Å²) in [7, 11) is 0. The fraction of sp³-hybridized carbons (Fsp3) is 0.111. The van der Waals surface area contributed by atoms with Gasteiger partial charge in [0, 0.05) is 10.6 Å². The summed E-state index contributed by atoms with van der Waals surface area (Å²) in [6, 6.07) is 3.78. The largest absolute Gasteiger partial charge is 0.321 e. The summed E-state index contributed by atoms with van der Waals surface area (Å²) in [5.41, 5.74) is 5.92. The Balaban J connectivity index is 3.12. The second-order valence-corrected chi connectivity index (χ2v) is 2.86. The van der Waals surface area contributed by atoms with Gasteiger partial charge in [0.1, 0.15) is 5.82 Å². The first-order valence-corrected chi connectivity index (χ1v) is 3.86.